The summed E-state index contributed by atoms with van der Waals surface area (Å²) < 4.78 is 5.09. The summed E-state index contributed by atoms with van der Waals surface area (Å²) in [5, 5.41) is 13.3. The third kappa shape index (κ3) is 4.05. The molecule has 0 aliphatic carbocycles. The van der Waals surface area contributed by atoms with Crippen LogP contribution in [0.1, 0.15) is 24.1 Å². The van der Waals surface area contributed by atoms with Crippen LogP contribution in [0.5, 0.6) is 5.75 Å². The highest BCUT2D eigenvalue weighted by Crippen LogP contribution is 2.18. The minimum atomic E-state index is -0.609. The Morgan fingerprint density at radius 3 is 2.27 bits per heavy atom. The van der Waals surface area contributed by atoms with E-state index in [9.17, 15) is 14.9 Å². The third-order valence-electron chi connectivity index (χ3n) is 3.17. The summed E-state index contributed by atoms with van der Waals surface area (Å²) in [5.74, 6) is 0.249. The Kier molecular flexibility index (Phi) is 4.73. The molecule has 0 heterocycles. The number of nitro benzene ring substituents is 1. The molecule has 6 nitrogen and oxygen atoms in total. The lowest BCUT2D eigenvalue weighted by Crippen LogP contribution is -2.29. The highest BCUT2D eigenvalue weighted by molar-refractivity contribution is 5.71. The van der Waals surface area contributed by atoms with E-state index in [0.29, 0.717) is 0 Å². The van der Waals surface area contributed by atoms with Gasteiger partial charge in [-0.2, -0.15) is 0 Å². The van der Waals surface area contributed by atoms with Gasteiger partial charge < -0.3 is 10.1 Å². The number of aryl methyl sites for hydroxylation is 1. The van der Waals surface area contributed by atoms with Gasteiger partial charge in [0.25, 0.3) is 5.69 Å². The zero-order valence-electron chi connectivity index (χ0n) is 12.3. The van der Waals surface area contributed by atoms with Crippen LogP contribution in [0.2, 0.25) is 0 Å². The van der Waals surface area contributed by atoms with Gasteiger partial charge in [-0.1, -0.05) is 29.8 Å². The van der Waals surface area contributed by atoms with Gasteiger partial charge in [0.15, 0.2) is 0 Å². The molecule has 1 N–H and O–H groups in total. The largest absolute Gasteiger partial charge is 0.413 e. The summed E-state index contributed by atoms with van der Waals surface area (Å²) in [5.41, 5.74) is 2.05. The van der Waals surface area contributed by atoms with E-state index in [-0.39, 0.29) is 17.5 Å². The second-order valence-electron chi connectivity index (χ2n) is 4.92. The summed E-state index contributed by atoms with van der Waals surface area (Å²) in [6, 6.07) is 12.9. The Morgan fingerprint density at radius 2 is 1.73 bits per heavy atom. The van der Waals surface area contributed by atoms with Crippen molar-refractivity contribution in [3.63, 3.8) is 0 Å². The fourth-order valence-electron chi connectivity index (χ4n) is 1.89. The first kappa shape index (κ1) is 15.5. The second kappa shape index (κ2) is 6.71. The number of carbonyl (C=O) groups is 1. The van der Waals surface area contributed by atoms with Crippen LogP contribution in [0.3, 0.4) is 0 Å². The van der Waals surface area contributed by atoms with Crippen molar-refractivity contribution in [3.8, 4) is 5.75 Å². The van der Waals surface area contributed by atoms with Crippen molar-refractivity contribution in [1.82, 2.24) is 5.32 Å². The first-order valence-corrected chi connectivity index (χ1v) is 6.75. The van der Waals surface area contributed by atoms with E-state index in [1.807, 2.05) is 38.1 Å². The number of rotatable bonds is 4. The van der Waals surface area contributed by atoms with Crippen molar-refractivity contribution in [1.29, 1.82) is 0 Å². The molecule has 1 amide bonds. The number of hydrogen-bond acceptors (Lipinski definition) is 4. The maximum atomic E-state index is 11.8. The lowest BCUT2D eigenvalue weighted by Gasteiger charge is -2.14. The Balaban J connectivity index is 1.94. The van der Waals surface area contributed by atoms with Crippen LogP contribution in [-0.2, 0) is 0 Å². The number of nitrogens with one attached hydrogen (secondary N) is 1. The van der Waals surface area contributed by atoms with E-state index in [1.54, 1.807) is 0 Å². The average molecular weight is 300 g/mol. The van der Waals surface area contributed by atoms with Crippen LogP contribution in [-0.4, -0.2) is 11.0 Å². The zero-order valence-corrected chi connectivity index (χ0v) is 12.3. The highest BCUT2D eigenvalue weighted by atomic mass is 16.6. The minimum absolute atomic E-state index is 0.0548. The molecule has 2 rings (SSSR count). The molecular weight excluding hydrogens is 284 g/mol. The lowest BCUT2D eigenvalue weighted by atomic mass is 10.1. The molecule has 0 aliphatic heterocycles. The fourth-order valence-corrected chi connectivity index (χ4v) is 1.89. The Labute approximate surface area is 127 Å². The number of hydrogen-bond donors (Lipinski definition) is 1. The van der Waals surface area contributed by atoms with Gasteiger partial charge in [0.2, 0.25) is 0 Å². The monoisotopic (exact) mass is 300 g/mol. The molecule has 6 heteroatoms. The minimum Gasteiger partial charge on any atom is -0.410 e. The predicted molar refractivity (Wildman–Crippen MR) is 81.9 cm³/mol. The molecule has 0 aromatic heterocycles. The van der Waals surface area contributed by atoms with Gasteiger partial charge in [0.05, 0.1) is 11.0 Å². The number of amides is 1. The molecule has 0 aliphatic rings. The van der Waals surface area contributed by atoms with Gasteiger partial charge in [-0.25, -0.2) is 4.79 Å². The maximum absolute atomic E-state index is 11.8. The molecule has 0 spiro atoms. The quantitative estimate of drug-likeness (QED) is 0.688. The van der Waals surface area contributed by atoms with Crippen molar-refractivity contribution >= 4 is 11.8 Å². The zero-order chi connectivity index (χ0) is 16.1. The van der Waals surface area contributed by atoms with Crippen LogP contribution in [0.4, 0.5) is 10.5 Å². The molecule has 0 fully saturated rings. The average Bonchev–Trinajstić information content (AvgIpc) is 2.48. The first-order valence-electron chi connectivity index (χ1n) is 6.75. The van der Waals surface area contributed by atoms with E-state index in [1.165, 1.54) is 24.3 Å². The number of benzene rings is 2. The summed E-state index contributed by atoms with van der Waals surface area (Å²) in [4.78, 5) is 21.9. The van der Waals surface area contributed by atoms with Gasteiger partial charge in [-0.05, 0) is 31.5 Å². The normalized spacial score (nSPS) is 11.5. The first-order chi connectivity index (χ1) is 10.5. The standard InChI is InChI=1S/C16H16N2O4/c1-11-3-5-13(6-4-11)12(2)17-16(19)22-15-9-7-14(8-10-15)18(20)21/h3-10,12H,1-2H3,(H,17,19)/t12-/m0/s1. The molecule has 0 saturated heterocycles. The van der Waals surface area contributed by atoms with Gasteiger partial charge in [-0.15, -0.1) is 0 Å². The molecular formula is C16H16N2O4. The lowest BCUT2D eigenvalue weighted by molar-refractivity contribution is -0.384. The van der Waals surface area contributed by atoms with Gasteiger partial charge in [0, 0.05) is 12.1 Å². The molecule has 114 valence electrons. The Bertz CT molecular complexity index is 666. The van der Waals surface area contributed by atoms with E-state index < -0.39 is 11.0 Å². The topological polar surface area (TPSA) is 81.5 Å². The van der Waals surface area contributed by atoms with E-state index in [4.69, 9.17) is 4.74 Å². The number of carbonyl (C=O) groups excluding carboxylic acids is 1. The van der Waals surface area contributed by atoms with Crippen LogP contribution in [0.25, 0.3) is 0 Å². The Morgan fingerprint density at radius 1 is 1.14 bits per heavy atom. The van der Waals surface area contributed by atoms with Crippen LogP contribution in [0, 0.1) is 17.0 Å². The highest BCUT2D eigenvalue weighted by Gasteiger charge is 2.12. The number of nitrogens with zero attached hydrogens (tertiary/aromatic N) is 1. The van der Waals surface area contributed by atoms with Crippen molar-refractivity contribution in [3.05, 3.63) is 69.8 Å². The van der Waals surface area contributed by atoms with Crippen LogP contribution < -0.4 is 10.1 Å². The molecule has 22 heavy (non-hydrogen) atoms. The summed E-state index contributed by atoms with van der Waals surface area (Å²) in [7, 11) is 0. The van der Waals surface area contributed by atoms with E-state index in [2.05, 4.69) is 5.32 Å². The molecule has 1 atom stereocenters. The molecule has 2 aromatic rings. The second-order valence-corrected chi connectivity index (χ2v) is 4.92. The van der Waals surface area contributed by atoms with Crippen molar-refractivity contribution in [2.24, 2.45) is 0 Å². The third-order valence-corrected chi connectivity index (χ3v) is 3.17. The van der Waals surface area contributed by atoms with Gasteiger partial charge in [0.1, 0.15) is 5.75 Å². The van der Waals surface area contributed by atoms with E-state index >= 15 is 0 Å². The van der Waals surface area contributed by atoms with Crippen molar-refractivity contribution < 1.29 is 14.5 Å². The molecule has 0 saturated carbocycles. The molecule has 2 aromatic carbocycles. The van der Waals surface area contributed by atoms with E-state index in [0.717, 1.165) is 11.1 Å². The van der Waals surface area contributed by atoms with Crippen molar-refractivity contribution in [2.45, 2.75) is 19.9 Å². The van der Waals surface area contributed by atoms with Crippen LogP contribution >= 0.6 is 0 Å². The van der Waals surface area contributed by atoms with Gasteiger partial charge >= 0.3 is 6.09 Å². The number of ether oxygens (including phenoxy) is 1. The summed E-state index contributed by atoms with van der Waals surface area (Å²) in [6.07, 6.45) is -0.609. The Hall–Kier alpha value is -2.89. The maximum Gasteiger partial charge on any atom is 0.413 e. The SMILES string of the molecule is Cc1ccc([C@H](C)NC(=O)Oc2ccc([N+](=O)[O-])cc2)cc1. The fraction of sp³-hybridized carbons (Fsp3) is 0.188. The predicted octanol–water partition coefficient (Wildman–Crippen LogP) is 3.75. The molecule has 0 bridgehead atoms. The van der Waals surface area contributed by atoms with Gasteiger partial charge in [-0.3, -0.25) is 10.1 Å². The smallest absolute Gasteiger partial charge is 0.410 e. The molecule has 0 radical (unpaired) electrons. The summed E-state index contributed by atoms with van der Waals surface area (Å²) in [6.45, 7) is 3.84. The molecule has 0 unspecified atom stereocenters. The summed E-state index contributed by atoms with van der Waals surface area (Å²) >= 11 is 0. The van der Waals surface area contributed by atoms with Crippen LogP contribution in [0.15, 0.2) is 48.5 Å². The number of non-ortho nitro benzene ring substituents is 1. The van der Waals surface area contributed by atoms with Crippen molar-refractivity contribution in [2.75, 3.05) is 0 Å². The number of nitro groups is 1.